The molecule has 1 aliphatic heterocycles. The maximum atomic E-state index is 12.0. The molecule has 0 aromatic heterocycles. The van der Waals surface area contributed by atoms with E-state index in [0.29, 0.717) is 12.6 Å². The summed E-state index contributed by atoms with van der Waals surface area (Å²) in [6.07, 6.45) is 6.27. The van der Waals surface area contributed by atoms with E-state index in [1.165, 1.54) is 0 Å². The molecular weight excluding hydrogens is 216 g/mol. The highest BCUT2D eigenvalue weighted by molar-refractivity contribution is 5.83. The van der Waals surface area contributed by atoms with E-state index in [2.05, 4.69) is 5.32 Å². The predicted octanol–water partition coefficient (Wildman–Crippen LogP) is 0.914. The number of carbonyl (C=O) groups is 2. The van der Waals surface area contributed by atoms with Gasteiger partial charge in [0.05, 0.1) is 5.92 Å². The van der Waals surface area contributed by atoms with Gasteiger partial charge in [0.1, 0.15) is 0 Å². The standard InChI is InChI=1S/C13H20N2O2/c16-12(14-11-5-6-11)10-2-1-7-15(8-10)13(17)9-3-4-9/h9-11H,1-8H2,(H,14,16)/t10-/m0/s1. The molecule has 0 bridgehead atoms. The minimum atomic E-state index is 0.0343. The van der Waals surface area contributed by atoms with Gasteiger partial charge in [0.25, 0.3) is 0 Å². The topological polar surface area (TPSA) is 49.4 Å². The predicted molar refractivity (Wildman–Crippen MR) is 63.2 cm³/mol. The van der Waals surface area contributed by atoms with Gasteiger partial charge in [0, 0.05) is 25.0 Å². The van der Waals surface area contributed by atoms with Gasteiger partial charge in [-0.2, -0.15) is 0 Å². The Balaban J connectivity index is 1.54. The third-order valence-corrected chi connectivity index (χ3v) is 3.95. The summed E-state index contributed by atoms with van der Waals surface area (Å²) >= 11 is 0. The van der Waals surface area contributed by atoms with Crippen molar-refractivity contribution < 1.29 is 9.59 Å². The molecule has 1 heterocycles. The second kappa shape index (κ2) is 4.31. The lowest BCUT2D eigenvalue weighted by molar-refractivity contribution is -0.136. The van der Waals surface area contributed by atoms with Gasteiger partial charge in [-0.15, -0.1) is 0 Å². The first kappa shape index (κ1) is 11.1. The maximum absolute atomic E-state index is 12.0. The number of nitrogens with zero attached hydrogens (tertiary/aromatic N) is 1. The van der Waals surface area contributed by atoms with Crippen molar-refractivity contribution in [2.75, 3.05) is 13.1 Å². The van der Waals surface area contributed by atoms with Crippen molar-refractivity contribution in [2.24, 2.45) is 11.8 Å². The molecule has 0 aromatic rings. The number of carbonyl (C=O) groups excluding carboxylic acids is 2. The highest BCUT2D eigenvalue weighted by atomic mass is 16.2. The molecule has 0 spiro atoms. The molecule has 17 heavy (non-hydrogen) atoms. The number of amides is 2. The minimum Gasteiger partial charge on any atom is -0.353 e. The average molecular weight is 236 g/mol. The molecule has 2 amide bonds. The van der Waals surface area contributed by atoms with Crippen molar-refractivity contribution in [1.29, 1.82) is 0 Å². The van der Waals surface area contributed by atoms with E-state index in [-0.39, 0.29) is 23.7 Å². The Morgan fingerprint density at radius 3 is 2.41 bits per heavy atom. The molecular formula is C13H20N2O2. The van der Waals surface area contributed by atoms with Crippen molar-refractivity contribution in [2.45, 2.75) is 44.6 Å². The molecule has 1 atom stereocenters. The molecule has 2 aliphatic carbocycles. The molecule has 1 saturated heterocycles. The van der Waals surface area contributed by atoms with E-state index in [0.717, 1.165) is 45.1 Å². The largest absolute Gasteiger partial charge is 0.353 e. The maximum Gasteiger partial charge on any atom is 0.225 e. The number of rotatable bonds is 3. The highest BCUT2D eigenvalue weighted by Crippen LogP contribution is 2.32. The zero-order valence-electron chi connectivity index (χ0n) is 10.2. The summed E-state index contributed by atoms with van der Waals surface area (Å²) < 4.78 is 0. The van der Waals surface area contributed by atoms with Crippen molar-refractivity contribution in [3.05, 3.63) is 0 Å². The third-order valence-electron chi connectivity index (χ3n) is 3.95. The van der Waals surface area contributed by atoms with Crippen LogP contribution in [0.5, 0.6) is 0 Å². The van der Waals surface area contributed by atoms with Gasteiger partial charge in [0.2, 0.25) is 11.8 Å². The number of hydrogen-bond acceptors (Lipinski definition) is 2. The van der Waals surface area contributed by atoms with E-state index in [4.69, 9.17) is 0 Å². The van der Waals surface area contributed by atoms with Crippen LogP contribution in [0.1, 0.15) is 38.5 Å². The normalized spacial score (nSPS) is 28.9. The van der Waals surface area contributed by atoms with Crippen LogP contribution in [0, 0.1) is 11.8 Å². The first-order chi connectivity index (χ1) is 8.24. The minimum absolute atomic E-state index is 0.0343. The Morgan fingerprint density at radius 1 is 1.00 bits per heavy atom. The first-order valence-corrected chi connectivity index (χ1v) is 6.83. The third kappa shape index (κ3) is 2.61. The highest BCUT2D eigenvalue weighted by Gasteiger charge is 2.37. The number of likely N-dealkylation sites (tertiary alicyclic amines) is 1. The van der Waals surface area contributed by atoms with Crippen molar-refractivity contribution in [3.63, 3.8) is 0 Å². The lowest BCUT2D eigenvalue weighted by Crippen LogP contribution is -2.46. The average Bonchev–Trinajstić information content (AvgIpc) is 3.21. The smallest absolute Gasteiger partial charge is 0.225 e. The monoisotopic (exact) mass is 236 g/mol. The van der Waals surface area contributed by atoms with Gasteiger partial charge >= 0.3 is 0 Å². The Bertz CT molecular complexity index is 334. The molecule has 0 unspecified atom stereocenters. The summed E-state index contributed by atoms with van der Waals surface area (Å²) in [6, 6.07) is 0.428. The van der Waals surface area contributed by atoms with Gasteiger partial charge in [-0.3, -0.25) is 9.59 Å². The number of nitrogens with one attached hydrogen (secondary N) is 1. The Labute approximate surface area is 102 Å². The summed E-state index contributed by atoms with van der Waals surface area (Å²) in [7, 11) is 0. The first-order valence-electron chi connectivity index (χ1n) is 6.83. The van der Waals surface area contributed by atoms with Crippen LogP contribution in [0.2, 0.25) is 0 Å². The zero-order valence-corrected chi connectivity index (χ0v) is 10.2. The van der Waals surface area contributed by atoms with Crippen LogP contribution in [0.25, 0.3) is 0 Å². The fraction of sp³-hybridized carbons (Fsp3) is 0.846. The Morgan fingerprint density at radius 2 is 1.76 bits per heavy atom. The summed E-state index contributed by atoms with van der Waals surface area (Å²) in [6.45, 7) is 1.50. The molecule has 3 rings (SSSR count). The molecule has 4 heteroatoms. The molecule has 0 radical (unpaired) electrons. The summed E-state index contributed by atoms with van der Waals surface area (Å²) in [5.41, 5.74) is 0. The Kier molecular flexibility index (Phi) is 2.81. The van der Waals surface area contributed by atoms with E-state index in [1.54, 1.807) is 0 Å². The van der Waals surface area contributed by atoms with Crippen molar-refractivity contribution >= 4 is 11.8 Å². The van der Waals surface area contributed by atoms with Crippen LogP contribution in [-0.4, -0.2) is 35.8 Å². The van der Waals surface area contributed by atoms with Crippen molar-refractivity contribution in [1.82, 2.24) is 10.2 Å². The van der Waals surface area contributed by atoms with Crippen LogP contribution < -0.4 is 5.32 Å². The fourth-order valence-corrected chi connectivity index (χ4v) is 2.53. The molecule has 3 aliphatic rings. The van der Waals surface area contributed by atoms with E-state index >= 15 is 0 Å². The van der Waals surface area contributed by atoms with Crippen LogP contribution in [0.3, 0.4) is 0 Å². The second-order valence-corrected chi connectivity index (χ2v) is 5.68. The molecule has 3 fully saturated rings. The lowest BCUT2D eigenvalue weighted by atomic mass is 9.96. The SMILES string of the molecule is O=C(NC1CC1)[C@H]1CCCN(C(=O)C2CC2)C1. The van der Waals surface area contributed by atoms with Crippen molar-refractivity contribution in [3.8, 4) is 0 Å². The van der Waals surface area contributed by atoms with E-state index in [1.807, 2.05) is 4.90 Å². The van der Waals surface area contributed by atoms with Gasteiger partial charge in [-0.25, -0.2) is 0 Å². The van der Waals surface area contributed by atoms with Gasteiger partial charge in [-0.1, -0.05) is 0 Å². The van der Waals surface area contributed by atoms with Gasteiger partial charge in [0.15, 0.2) is 0 Å². The molecule has 94 valence electrons. The second-order valence-electron chi connectivity index (χ2n) is 5.68. The lowest BCUT2D eigenvalue weighted by Gasteiger charge is -2.32. The van der Waals surface area contributed by atoms with Crippen LogP contribution in [0.4, 0.5) is 0 Å². The molecule has 0 aromatic carbocycles. The summed E-state index contributed by atoms with van der Waals surface area (Å²) in [4.78, 5) is 25.8. The van der Waals surface area contributed by atoms with E-state index < -0.39 is 0 Å². The van der Waals surface area contributed by atoms with Gasteiger partial charge in [-0.05, 0) is 38.5 Å². The molecule has 1 N–H and O–H groups in total. The Hall–Kier alpha value is -1.06. The summed E-state index contributed by atoms with van der Waals surface area (Å²) in [5.74, 6) is 0.766. The van der Waals surface area contributed by atoms with Crippen LogP contribution in [-0.2, 0) is 9.59 Å². The molecule has 2 saturated carbocycles. The zero-order chi connectivity index (χ0) is 11.8. The number of hydrogen-bond donors (Lipinski definition) is 1. The van der Waals surface area contributed by atoms with Crippen LogP contribution in [0.15, 0.2) is 0 Å². The van der Waals surface area contributed by atoms with E-state index in [9.17, 15) is 9.59 Å². The fourth-order valence-electron chi connectivity index (χ4n) is 2.53. The van der Waals surface area contributed by atoms with Crippen LogP contribution >= 0.6 is 0 Å². The molecule has 4 nitrogen and oxygen atoms in total. The summed E-state index contributed by atoms with van der Waals surface area (Å²) in [5, 5.41) is 3.05. The van der Waals surface area contributed by atoms with Gasteiger partial charge < -0.3 is 10.2 Å². The number of piperidine rings is 1. The quantitative estimate of drug-likeness (QED) is 0.792.